The normalized spacial score (nSPS) is 18.2. The molecule has 1 saturated heterocycles. The zero-order valence-electron chi connectivity index (χ0n) is 27.4. The average molecular weight is 710 g/mol. The summed E-state index contributed by atoms with van der Waals surface area (Å²) in [5.74, 6) is 0. The molecule has 0 radical (unpaired) electrons. The number of thiophene rings is 3. The van der Waals surface area contributed by atoms with Crippen LogP contribution in [0.25, 0.3) is 71.6 Å². The topological polar surface area (TPSA) is 36.1 Å². The molecule has 0 bridgehead atoms. The molecule has 1 fully saturated rings. The molecular weight excluding hydrogens is 679 g/mol. The van der Waals surface area contributed by atoms with Crippen LogP contribution in [0.1, 0.15) is 35.2 Å². The fourth-order valence-corrected chi connectivity index (χ4v) is 11.6. The van der Waals surface area contributed by atoms with E-state index in [-0.39, 0.29) is 18.5 Å². The molecule has 3 N–H and O–H groups in total. The van der Waals surface area contributed by atoms with Gasteiger partial charge in [-0.2, -0.15) is 0 Å². The summed E-state index contributed by atoms with van der Waals surface area (Å²) in [5.41, 5.74) is 6.32. The summed E-state index contributed by atoms with van der Waals surface area (Å²) >= 11 is 5.66. The van der Waals surface area contributed by atoms with Crippen molar-refractivity contribution in [2.75, 3.05) is 0 Å². The molecule has 1 aliphatic rings. The number of hydrogen-bond acceptors (Lipinski definition) is 6. The third-order valence-electron chi connectivity index (χ3n) is 10.4. The van der Waals surface area contributed by atoms with Gasteiger partial charge >= 0.3 is 0 Å². The first-order valence-corrected chi connectivity index (χ1v) is 19.8. The van der Waals surface area contributed by atoms with Crippen LogP contribution in [0, 0.1) is 0 Å². The largest absolute Gasteiger partial charge is 0.279 e. The monoisotopic (exact) mass is 709 g/mol. The third-order valence-corrected chi connectivity index (χ3v) is 13.9. The van der Waals surface area contributed by atoms with E-state index >= 15 is 0 Å². The molecule has 11 rings (SSSR count). The maximum atomic E-state index is 3.98. The molecule has 0 saturated carbocycles. The Labute approximate surface area is 306 Å². The fraction of sp³-hybridized carbons (Fsp3) is 0.0667. The van der Waals surface area contributed by atoms with Crippen LogP contribution in [-0.2, 0) is 0 Å². The SMILES string of the molecule is c1ccc(C2NC(c3ccc4c(c3)sc3cc(-c5cccc6c5sc5ccccc56)ccc34)NC(c3cccc4sc5ccccc5c34)N2)cc1. The number of rotatable bonds is 4. The highest BCUT2D eigenvalue weighted by atomic mass is 32.1. The number of hydrogen-bond donors (Lipinski definition) is 3. The van der Waals surface area contributed by atoms with Gasteiger partial charge in [-0.15, -0.1) is 34.0 Å². The summed E-state index contributed by atoms with van der Waals surface area (Å²) in [4.78, 5) is 0. The lowest BCUT2D eigenvalue weighted by Gasteiger charge is -2.40. The highest BCUT2D eigenvalue weighted by Crippen LogP contribution is 2.43. The van der Waals surface area contributed by atoms with Crippen molar-refractivity contribution in [3.63, 3.8) is 0 Å². The van der Waals surface area contributed by atoms with Gasteiger partial charge in [0.2, 0.25) is 0 Å². The first kappa shape index (κ1) is 29.8. The van der Waals surface area contributed by atoms with Crippen LogP contribution >= 0.6 is 34.0 Å². The fourth-order valence-electron chi connectivity index (χ4n) is 8.01. The van der Waals surface area contributed by atoms with Gasteiger partial charge < -0.3 is 0 Å². The third kappa shape index (κ3) is 4.87. The van der Waals surface area contributed by atoms with Crippen LogP contribution < -0.4 is 16.0 Å². The molecule has 3 nitrogen and oxygen atoms in total. The van der Waals surface area contributed by atoms with Crippen molar-refractivity contribution in [3.8, 4) is 11.1 Å². The van der Waals surface area contributed by atoms with E-state index in [4.69, 9.17) is 0 Å². The summed E-state index contributed by atoms with van der Waals surface area (Å²) < 4.78 is 7.97. The van der Waals surface area contributed by atoms with Crippen LogP contribution in [-0.4, -0.2) is 0 Å². The minimum atomic E-state index is -0.0580. The molecule has 3 unspecified atom stereocenters. The van der Waals surface area contributed by atoms with Crippen LogP contribution in [0.15, 0.2) is 152 Å². The summed E-state index contributed by atoms with van der Waals surface area (Å²) in [7, 11) is 0. The molecule has 7 aromatic carbocycles. The Balaban J connectivity index is 0.996. The first-order chi connectivity index (χ1) is 25.2. The first-order valence-electron chi connectivity index (χ1n) is 17.4. The van der Waals surface area contributed by atoms with Crippen molar-refractivity contribution in [1.82, 2.24) is 16.0 Å². The Morgan fingerprint density at radius 3 is 1.84 bits per heavy atom. The van der Waals surface area contributed by atoms with E-state index in [9.17, 15) is 0 Å². The standard InChI is InChI=1S/C45H31N3S3/c1-2-10-26(11-3-1)43-46-44(48-45(47-43)35-16-9-19-38-41(35)34-13-5-7-18-37(34)49-38)28-21-23-32-31-22-20-27(24-39(31)50-40(32)25-28)29-14-8-15-33-30-12-4-6-17-36(30)51-42(29)33/h1-25,43-48H. The minimum Gasteiger partial charge on any atom is -0.279 e. The Morgan fingerprint density at radius 2 is 0.980 bits per heavy atom. The lowest BCUT2D eigenvalue weighted by Crippen LogP contribution is -2.54. The van der Waals surface area contributed by atoms with Gasteiger partial charge in [0.15, 0.2) is 0 Å². The lowest BCUT2D eigenvalue weighted by molar-refractivity contribution is 0.204. The van der Waals surface area contributed by atoms with E-state index < -0.39 is 0 Å². The second-order valence-electron chi connectivity index (χ2n) is 13.4. The maximum Gasteiger partial charge on any atom is 0.0871 e. The Kier molecular flexibility index (Phi) is 6.90. The van der Waals surface area contributed by atoms with Gasteiger partial charge in [-0.3, -0.25) is 16.0 Å². The van der Waals surface area contributed by atoms with E-state index in [1.165, 1.54) is 88.3 Å². The molecule has 3 atom stereocenters. The van der Waals surface area contributed by atoms with Crippen LogP contribution in [0.2, 0.25) is 0 Å². The van der Waals surface area contributed by atoms with Gasteiger partial charge in [0.1, 0.15) is 0 Å². The zero-order valence-corrected chi connectivity index (χ0v) is 29.8. The maximum absolute atomic E-state index is 3.98. The molecule has 244 valence electrons. The van der Waals surface area contributed by atoms with Gasteiger partial charge in [-0.05, 0) is 58.1 Å². The van der Waals surface area contributed by atoms with Gasteiger partial charge in [0.25, 0.3) is 0 Å². The van der Waals surface area contributed by atoms with Crippen molar-refractivity contribution in [2.45, 2.75) is 18.5 Å². The number of benzene rings is 7. The zero-order chi connectivity index (χ0) is 33.5. The molecule has 4 heterocycles. The lowest BCUT2D eigenvalue weighted by atomic mass is 9.99. The van der Waals surface area contributed by atoms with E-state index in [1.807, 2.05) is 34.0 Å². The Hall–Kier alpha value is -4.92. The van der Waals surface area contributed by atoms with Crippen molar-refractivity contribution in [2.24, 2.45) is 0 Å². The summed E-state index contributed by atoms with van der Waals surface area (Å²) in [6.07, 6.45) is -0.141. The number of nitrogens with one attached hydrogen (secondary N) is 3. The average Bonchev–Trinajstić information content (AvgIpc) is 3.88. The van der Waals surface area contributed by atoms with Crippen molar-refractivity contribution in [1.29, 1.82) is 0 Å². The van der Waals surface area contributed by atoms with E-state index in [2.05, 4.69) is 168 Å². The van der Waals surface area contributed by atoms with E-state index in [0.29, 0.717) is 0 Å². The van der Waals surface area contributed by atoms with Crippen LogP contribution in [0.4, 0.5) is 0 Å². The smallest absolute Gasteiger partial charge is 0.0871 e. The quantitative estimate of drug-likeness (QED) is 0.170. The molecule has 3 aromatic heterocycles. The van der Waals surface area contributed by atoms with Crippen molar-refractivity contribution >= 4 is 94.5 Å². The van der Waals surface area contributed by atoms with Gasteiger partial charge in [0.05, 0.1) is 18.5 Å². The van der Waals surface area contributed by atoms with E-state index in [0.717, 1.165) is 0 Å². The predicted octanol–water partition coefficient (Wildman–Crippen LogP) is 12.6. The highest BCUT2D eigenvalue weighted by Gasteiger charge is 2.31. The second-order valence-corrected chi connectivity index (χ2v) is 16.6. The van der Waals surface area contributed by atoms with Gasteiger partial charge in [0, 0.05) is 60.5 Å². The second kappa shape index (κ2) is 11.8. The Bertz CT molecular complexity index is 2940. The number of fused-ring (bicyclic) bond motifs is 9. The molecule has 1 aliphatic heterocycles. The van der Waals surface area contributed by atoms with Gasteiger partial charge in [-0.1, -0.05) is 121 Å². The Morgan fingerprint density at radius 1 is 0.373 bits per heavy atom. The molecule has 51 heavy (non-hydrogen) atoms. The van der Waals surface area contributed by atoms with Gasteiger partial charge in [-0.25, -0.2) is 0 Å². The minimum absolute atomic E-state index is 0.0279. The highest BCUT2D eigenvalue weighted by molar-refractivity contribution is 7.27. The van der Waals surface area contributed by atoms with Crippen LogP contribution in [0.3, 0.4) is 0 Å². The molecule has 0 aliphatic carbocycles. The molecule has 0 spiro atoms. The van der Waals surface area contributed by atoms with Crippen LogP contribution in [0.5, 0.6) is 0 Å². The summed E-state index contributed by atoms with van der Waals surface area (Å²) in [6.45, 7) is 0. The molecule has 0 amide bonds. The van der Waals surface area contributed by atoms with Crippen molar-refractivity contribution < 1.29 is 0 Å². The summed E-state index contributed by atoms with van der Waals surface area (Å²) in [5, 5.41) is 19.8. The molecule has 6 heteroatoms. The van der Waals surface area contributed by atoms with E-state index in [1.54, 1.807) is 0 Å². The van der Waals surface area contributed by atoms with Crippen molar-refractivity contribution in [3.05, 3.63) is 168 Å². The summed E-state index contributed by atoms with van der Waals surface area (Å²) in [6, 6.07) is 55.8. The predicted molar refractivity (Wildman–Crippen MR) is 221 cm³/mol. The molecule has 10 aromatic rings. The molecular formula is C45H31N3S3.